The number of nitrogens with one attached hydrogen (secondary N) is 1. The van der Waals surface area contributed by atoms with Crippen LogP contribution in [0.1, 0.15) is 39.5 Å². The Balaban J connectivity index is 2.23. The van der Waals surface area contributed by atoms with Crippen molar-refractivity contribution in [2.45, 2.75) is 51.2 Å². The van der Waals surface area contributed by atoms with Crippen molar-refractivity contribution in [3.05, 3.63) is 0 Å². The molecule has 0 aromatic carbocycles. The Morgan fingerprint density at radius 2 is 2.00 bits per heavy atom. The number of rotatable bonds is 5. The maximum atomic E-state index is 9.60. The van der Waals surface area contributed by atoms with E-state index in [9.17, 15) is 5.11 Å². The topological polar surface area (TPSA) is 52.5 Å². The first-order chi connectivity index (χ1) is 6.55. The molecular weight excluding hydrogens is 178 g/mol. The van der Waals surface area contributed by atoms with Gasteiger partial charge in [-0.05, 0) is 32.6 Å². The number of aliphatic hydroxyl groups excluding tert-OH is 1. The fourth-order valence-corrected chi connectivity index (χ4v) is 2.06. The molecule has 0 radical (unpaired) electrons. The molecule has 0 spiro atoms. The van der Waals surface area contributed by atoms with Crippen molar-refractivity contribution < 1.29 is 10.2 Å². The van der Waals surface area contributed by atoms with Gasteiger partial charge in [0, 0.05) is 12.6 Å². The van der Waals surface area contributed by atoms with Gasteiger partial charge in [0.15, 0.2) is 0 Å². The molecule has 84 valence electrons. The molecule has 3 heteroatoms. The summed E-state index contributed by atoms with van der Waals surface area (Å²) in [6.07, 6.45) is 5.28. The van der Waals surface area contributed by atoms with E-state index < -0.39 is 5.60 Å². The first kappa shape index (κ1) is 12.0. The first-order valence-electron chi connectivity index (χ1n) is 5.62. The van der Waals surface area contributed by atoms with Crippen LogP contribution in [0, 0.1) is 5.92 Å². The maximum Gasteiger partial charge on any atom is 0.0972 e. The largest absolute Gasteiger partial charge is 0.393 e. The van der Waals surface area contributed by atoms with Crippen molar-refractivity contribution in [3.8, 4) is 0 Å². The molecule has 1 aliphatic rings. The van der Waals surface area contributed by atoms with Crippen molar-refractivity contribution in [2.24, 2.45) is 5.92 Å². The summed E-state index contributed by atoms with van der Waals surface area (Å²) in [6, 6.07) is 0.454. The van der Waals surface area contributed by atoms with E-state index >= 15 is 0 Å². The third-order valence-electron chi connectivity index (χ3n) is 3.25. The monoisotopic (exact) mass is 201 g/mol. The van der Waals surface area contributed by atoms with Crippen LogP contribution < -0.4 is 5.32 Å². The zero-order valence-corrected chi connectivity index (χ0v) is 9.29. The molecule has 1 aliphatic carbocycles. The normalized spacial score (nSPS) is 24.9. The van der Waals surface area contributed by atoms with E-state index in [1.165, 1.54) is 25.7 Å². The van der Waals surface area contributed by atoms with Crippen LogP contribution in [-0.4, -0.2) is 35.0 Å². The lowest BCUT2D eigenvalue weighted by Crippen LogP contribution is -2.45. The summed E-state index contributed by atoms with van der Waals surface area (Å²) in [5, 5.41) is 21.8. The zero-order valence-electron chi connectivity index (χ0n) is 9.29. The van der Waals surface area contributed by atoms with E-state index in [-0.39, 0.29) is 6.61 Å². The van der Waals surface area contributed by atoms with Gasteiger partial charge >= 0.3 is 0 Å². The quantitative estimate of drug-likeness (QED) is 0.619. The molecule has 3 nitrogen and oxygen atoms in total. The molecule has 1 saturated carbocycles. The van der Waals surface area contributed by atoms with Gasteiger partial charge in [0.1, 0.15) is 0 Å². The van der Waals surface area contributed by atoms with Crippen molar-refractivity contribution in [3.63, 3.8) is 0 Å². The fourth-order valence-electron chi connectivity index (χ4n) is 2.06. The van der Waals surface area contributed by atoms with Gasteiger partial charge in [-0.2, -0.15) is 0 Å². The highest BCUT2D eigenvalue weighted by Gasteiger charge is 2.24. The Morgan fingerprint density at radius 3 is 2.50 bits per heavy atom. The summed E-state index contributed by atoms with van der Waals surface area (Å²) in [5.41, 5.74) is -0.979. The maximum absolute atomic E-state index is 9.60. The van der Waals surface area contributed by atoms with Gasteiger partial charge < -0.3 is 15.5 Å². The third kappa shape index (κ3) is 3.56. The van der Waals surface area contributed by atoms with Crippen LogP contribution in [0.3, 0.4) is 0 Å². The summed E-state index contributed by atoms with van der Waals surface area (Å²) >= 11 is 0. The Hall–Kier alpha value is -0.120. The molecule has 3 N–H and O–H groups in total. The SMILES string of the molecule is CC(NCC(C)(O)CO)C1CCCC1. The predicted octanol–water partition coefficient (Wildman–Crippen LogP) is 0.898. The Labute approximate surface area is 86.5 Å². The molecule has 2 unspecified atom stereocenters. The van der Waals surface area contributed by atoms with E-state index in [0.29, 0.717) is 12.6 Å². The van der Waals surface area contributed by atoms with E-state index in [4.69, 9.17) is 5.11 Å². The summed E-state index contributed by atoms with van der Waals surface area (Å²) < 4.78 is 0. The molecule has 0 saturated heterocycles. The summed E-state index contributed by atoms with van der Waals surface area (Å²) in [4.78, 5) is 0. The second-order valence-electron chi connectivity index (χ2n) is 4.87. The predicted molar refractivity (Wildman–Crippen MR) is 57.1 cm³/mol. The van der Waals surface area contributed by atoms with Gasteiger partial charge in [-0.3, -0.25) is 0 Å². The van der Waals surface area contributed by atoms with Crippen LogP contribution in [0.2, 0.25) is 0 Å². The summed E-state index contributed by atoms with van der Waals surface area (Å²) in [6.45, 7) is 4.11. The minimum Gasteiger partial charge on any atom is -0.393 e. The summed E-state index contributed by atoms with van der Waals surface area (Å²) in [5.74, 6) is 0.754. The number of hydrogen-bond acceptors (Lipinski definition) is 3. The lowest BCUT2D eigenvalue weighted by Gasteiger charge is -2.26. The average molecular weight is 201 g/mol. The van der Waals surface area contributed by atoms with Gasteiger partial charge in [-0.25, -0.2) is 0 Å². The van der Waals surface area contributed by atoms with Crippen LogP contribution in [0.25, 0.3) is 0 Å². The van der Waals surface area contributed by atoms with Crippen LogP contribution in [0.15, 0.2) is 0 Å². The minimum absolute atomic E-state index is 0.183. The molecule has 0 aromatic heterocycles. The highest BCUT2D eigenvalue weighted by molar-refractivity contribution is 4.81. The van der Waals surface area contributed by atoms with Gasteiger partial charge in [-0.15, -0.1) is 0 Å². The van der Waals surface area contributed by atoms with Crippen molar-refractivity contribution in [2.75, 3.05) is 13.2 Å². The van der Waals surface area contributed by atoms with E-state index in [0.717, 1.165) is 5.92 Å². The highest BCUT2D eigenvalue weighted by atomic mass is 16.3. The molecule has 14 heavy (non-hydrogen) atoms. The molecular formula is C11H23NO2. The van der Waals surface area contributed by atoms with Gasteiger partial charge in [0.05, 0.1) is 12.2 Å². The van der Waals surface area contributed by atoms with E-state index in [2.05, 4.69) is 12.2 Å². The third-order valence-corrected chi connectivity index (χ3v) is 3.25. The average Bonchev–Trinajstić information content (AvgIpc) is 2.67. The van der Waals surface area contributed by atoms with Gasteiger partial charge in [0.25, 0.3) is 0 Å². The van der Waals surface area contributed by atoms with Gasteiger partial charge in [0.2, 0.25) is 0 Å². The second kappa shape index (κ2) is 5.10. The van der Waals surface area contributed by atoms with Crippen LogP contribution in [0.5, 0.6) is 0 Å². The molecule has 0 heterocycles. The van der Waals surface area contributed by atoms with E-state index in [1.807, 2.05) is 0 Å². The summed E-state index contributed by atoms with van der Waals surface area (Å²) in [7, 11) is 0. The number of aliphatic hydroxyl groups is 2. The molecule has 0 aromatic rings. The fraction of sp³-hybridized carbons (Fsp3) is 1.00. The lowest BCUT2D eigenvalue weighted by molar-refractivity contribution is -0.000155. The Bertz CT molecular complexity index is 165. The van der Waals surface area contributed by atoms with Crippen LogP contribution >= 0.6 is 0 Å². The second-order valence-corrected chi connectivity index (χ2v) is 4.87. The smallest absolute Gasteiger partial charge is 0.0972 e. The first-order valence-corrected chi connectivity index (χ1v) is 5.62. The molecule has 2 atom stereocenters. The van der Waals surface area contributed by atoms with Crippen LogP contribution in [-0.2, 0) is 0 Å². The van der Waals surface area contributed by atoms with Crippen molar-refractivity contribution >= 4 is 0 Å². The van der Waals surface area contributed by atoms with Crippen molar-refractivity contribution in [1.82, 2.24) is 5.32 Å². The molecule has 0 amide bonds. The van der Waals surface area contributed by atoms with Crippen LogP contribution in [0.4, 0.5) is 0 Å². The highest BCUT2D eigenvalue weighted by Crippen LogP contribution is 2.27. The molecule has 1 fully saturated rings. The molecule has 1 rings (SSSR count). The van der Waals surface area contributed by atoms with Crippen molar-refractivity contribution in [1.29, 1.82) is 0 Å². The van der Waals surface area contributed by atoms with Gasteiger partial charge in [-0.1, -0.05) is 12.8 Å². The molecule has 0 aliphatic heterocycles. The number of hydrogen-bond donors (Lipinski definition) is 3. The standard InChI is InChI=1S/C11H23NO2/c1-9(10-5-3-4-6-10)12-7-11(2,14)8-13/h9-10,12-14H,3-8H2,1-2H3. The Morgan fingerprint density at radius 1 is 1.43 bits per heavy atom. The minimum atomic E-state index is -0.979. The lowest BCUT2D eigenvalue weighted by atomic mass is 9.98. The molecule has 0 bridgehead atoms. The zero-order chi connectivity index (χ0) is 10.6. The Kier molecular flexibility index (Phi) is 4.35. The van der Waals surface area contributed by atoms with E-state index in [1.54, 1.807) is 6.92 Å².